The fourth-order valence-corrected chi connectivity index (χ4v) is 2.50. The minimum absolute atomic E-state index is 0.478. The molecule has 0 radical (unpaired) electrons. The van der Waals surface area contributed by atoms with Gasteiger partial charge in [-0.3, -0.25) is 4.68 Å². The topological polar surface area (TPSA) is 39.1 Å². The van der Waals surface area contributed by atoms with Gasteiger partial charge in [0.2, 0.25) is 0 Å². The number of nitrogens with zero attached hydrogens (tertiary/aromatic N) is 2. The summed E-state index contributed by atoms with van der Waals surface area (Å²) in [5.74, 6) is 1.36. The molecule has 4 nitrogen and oxygen atoms in total. The molecule has 0 spiro atoms. The molecular formula is C13H21N3O. The van der Waals surface area contributed by atoms with Crippen LogP contribution in [0, 0.1) is 5.92 Å². The third-order valence-corrected chi connectivity index (χ3v) is 3.66. The summed E-state index contributed by atoms with van der Waals surface area (Å²) in [6.45, 7) is 6.69. The van der Waals surface area contributed by atoms with Crippen molar-refractivity contribution in [2.75, 3.05) is 19.8 Å². The monoisotopic (exact) mass is 235 g/mol. The second kappa shape index (κ2) is 4.78. The molecule has 1 aliphatic carbocycles. The van der Waals surface area contributed by atoms with Crippen LogP contribution in [0.4, 0.5) is 0 Å². The van der Waals surface area contributed by atoms with Gasteiger partial charge in [-0.2, -0.15) is 5.10 Å². The molecule has 1 aliphatic heterocycles. The van der Waals surface area contributed by atoms with Crippen LogP contribution in [0.5, 0.6) is 0 Å². The highest BCUT2D eigenvalue weighted by molar-refractivity contribution is 5.25. The van der Waals surface area contributed by atoms with Crippen molar-refractivity contribution in [2.24, 2.45) is 5.92 Å². The van der Waals surface area contributed by atoms with Crippen LogP contribution in [0.3, 0.4) is 0 Å². The minimum atomic E-state index is 0.478. The maximum atomic E-state index is 5.56. The van der Waals surface area contributed by atoms with E-state index in [0.29, 0.717) is 5.92 Å². The Kier molecular flexibility index (Phi) is 3.16. The summed E-state index contributed by atoms with van der Waals surface area (Å²) < 4.78 is 7.70. The molecule has 1 unspecified atom stereocenters. The van der Waals surface area contributed by atoms with Crippen LogP contribution >= 0.6 is 0 Å². The van der Waals surface area contributed by atoms with Crippen LogP contribution in [-0.4, -0.2) is 29.5 Å². The highest BCUT2D eigenvalue weighted by Crippen LogP contribution is 2.31. The molecule has 1 atom stereocenters. The lowest BCUT2D eigenvalue weighted by Crippen LogP contribution is -2.30. The third kappa shape index (κ3) is 2.53. The largest absolute Gasteiger partial charge is 0.381 e. The van der Waals surface area contributed by atoms with E-state index in [-0.39, 0.29) is 0 Å². The van der Waals surface area contributed by atoms with E-state index in [2.05, 4.69) is 21.3 Å². The van der Waals surface area contributed by atoms with Gasteiger partial charge in [0.05, 0.1) is 12.3 Å². The average Bonchev–Trinajstić information content (AvgIpc) is 3.04. The first-order chi connectivity index (χ1) is 8.36. The van der Waals surface area contributed by atoms with Gasteiger partial charge in [-0.25, -0.2) is 0 Å². The molecule has 4 heteroatoms. The number of aromatic nitrogens is 2. The quantitative estimate of drug-likeness (QED) is 0.841. The molecule has 0 aromatic carbocycles. The molecule has 1 N–H and O–H groups in total. The maximum Gasteiger partial charge on any atom is 0.0798 e. The molecule has 0 bridgehead atoms. The number of hydrogen-bond donors (Lipinski definition) is 1. The number of rotatable bonds is 5. The van der Waals surface area contributed by atoms with Gasteiger partial charge in [0.25, 0.3) is 0 Å². The highest BCUT2D eigenvalue weighted by atomic mass is 16.5. The summed E-state index contributed by atoms with van der Waals surface area (Å²) in [5, 5.41) is 8.11. The molecule has 1 saturated carbocycles. The molecule has 2 aliphatic rings. The van der Waals surface area contributed by atoms with Gasteiger partial charge < -0.3 is 10.1 Å². The van der Waals surface area contributed by atoms with Gasteiger partial charge in [0.1, 0.15) is 0 Å². The van der Waals surface area contributed by atoms with Crippen LogP contribution in [0.1, 0.15) is 36.9 Å². The normalized spacial score (nSPS) is 23.7. The first-order valence-electron chi connectivity index (χ1n) is 6.71. The fourth-order valence-electron chi connectivity index (χ4n) is 2.50. The third-order valence-electron chi connectivity index (χ3n) is 3.66. The fraction of sp³-hybridized carbons (Fsp3) is 0.769. The summed E-state index contributed by atoms with van der Waals surface area (Å²) >= 11 is 0. The zero-order chi connectivity index (χ0) is 11.7. The summed E-state index contributed by atoms with van der Waals surface area (Å²) in [4.78, 5) is 0. The lowest BCUT2D eigenvalue weighted by molar-refractivity contribution is 0.129. The Hall–Kier alpha value is -0.870. The average molecular weight is 235 g/mol. The van der Waals surface area contributed by atoms with Gasteiger partial charge in [-0.1, -0.05) is 0 Å². The SMILES string of the molecule is CCOCC1CNCc2nn(CC3CC3)cc21. The predicted molar refractivity (Wildman–Crippen MR) is 65.9 cm³/mol. The van der Waals surface area contributed by atoms with Crippen molar-refractivity contribution < 1.29 is 4.74 Å². The molecule has 3 rings (SSSR count). The van der Waals surface area contributed by atoms with Crippen LogP contribution < -0.4 is 5.32 Å². The first-order valence-corrected chi connectivity index (χ1v) is 6.71. The zero-order valence-electron chi connectivity index (χ0n) is 10.5. The van der Waals surface area contributed by atoms with Gasteiger partial charge in [-0.05, 0) is 25.7 Å². The Balaban J connectivity index is 1.73. The van der Waals surface area contributed by atoms with E-state index in [1.807, 2.05) is 6.92 Å². The van der Waals surface area contributed by atoms with Crippen molar-refractivity contribution in [3.63, 3.8) is 0 Å². The summed E-state index contributed by atoms with van der Waals surface area (Å²) in [7, 11) is 0. The van der Waals surface area contributed by atoms with Gasteiger partial charge >= 0.3 is 0 Å². The Morgan fingerprint density at radius 3 is 3.18 bits per heavy atom. The second-order valence-corrected chi connectivity index (χ2v) is 5.18. The molecule has 1 fully saturated rings. The van der Waals surface area contributed by atoms with Crippen LogP contribution in [0.2, 0.25) is 0 Å². The zero-order valence-corrected chi connectivity index (χ0v) is 10.5. The molecule has 17 heavy (non-hydrogen) atoms. The summed E-state index contributed by atoms with van der Waals surface area (Å²) in [6.07, 6.45) is 5.01. The van der Waals surface area contributed by atoms with Crippen molar-refractivity contribution >= 4 is 0 Å². The number of hydrogen-bond acceptors (Lipinski definition) is 3. The van der Waals surface area contributed by atoms with Crippen LogP contribution in [0.15, 0.2) is 6.20 Å². The Bertz CT molecular complexity index is 384. The Labute approximate surface area is 102 Å². The van der Waals surface area contributed by atoms with E-state index >= 15 is 0 Å². The van der Waals surface area contributed by atoms with Crippen molar-refractivity contribution in [3.8, 4) is 0 Å². The number of nitrogens with one attached hydrogen (secondary N) is 1. The Morgan fingerprint density at radius 1 is 1.53 bits per heavy atom. The van der Waals surface area contributed by atoms with E-state index in [4.69, 9.17) is 4.74 Å². The maximum absolute atomic E-state index is 5.56. The van der Waals surface area contributed by atoms with E-state index in [9.17, 15) is 0 Å². The predicted octanol–water partition coefficient (Wildman–Crippen LogP) is 1.52. The molecule has 1 aromatic heterocycles. The summed E-state index contributed by atoms with van der Waals surface area (Å²) in [6, 6.07) is 0. The van der Waals surface area contributed by atoms with Crippen LogP contribution in [-0.2, 0) is 17.8 Å². The highest BCUT2D eigenvalue weighted by Gasteiger charge is 2.26. The number of ether oxygens (including phenoxy) is 1. The molecule has 0 amide bonds. The van der Waals surface area contributed by atoms with E-state index in [1.165, 1.54) is 24.1 Å². The van der Waals surface area contributed by atoms with Crippen molar-refractivity contribution in [2.45, 2.75) is 38.8 Å². The van der Waals surface area contributed by atoms with Crippen molar-refractivity contribution in [3.05, 3.63) is 17.5 Å². The molecule has 2 heterocycles. The van der Waals surface area contributed by atoms with Crippen molar-refractivity contribution in [1.82, 2.24) is 15.1 Å². The lowest BCUT2D eigenvalue weighted by atomic mass is 9.97. The molecule has 1 aromatic rings. The second-order valence-electron chi connectivity index (χ2n) is 5.18. The van der Waals surface area contributed by atoms with Gasteiger partial charge in [0.15, 0.2) is 0 Å². The van der Waals surface area contributed by atoms with E-state index in [0.717, 1.165) is 38.8 Å². The number of fused-ring (bicyclic) bond motifs is 1. The standard InChI is InChI=1S/C13H21N3O/c1-2-17-9-11-5-14-6-13-12(11)8-16(15-13)7-10-3-4-10/h8,10-11,14H,2-7,9H2,1H3. The van der Waals surface area contributed by atoms with Gasteiger partial charge in [-0.15, -0.1) is 0 Å². The Morgan fingerprint density at radius 2 is 2.41 bits per heavy atom. The lowest BCUT2D eigenvalue weighted by Gasteiger charge is -2.21. The van der Waals surface area contributed by atoms with Gasteiger partial charge in [0, 0.05) is 43.9 Å². The van der Waals surface area contributed by atoms with E-state index in [1.54, 1.807) is 0 Å². The van der Waals surface area contributed by atoms with Crippen LogP contribution in [0.25, 0.3) is 0 Å². The van der Waals surface area contributed by atoms with Crippen molar-refractivity contribution in [1.29, 1.82) is 0 Å². The van der Waals surface area contributed by atoms with E-state index < -0.39 is 0 Å². The smallest absolute Gasteiger partial charge is 0.0798 e. The first kappa shape index (κ1) is 11.2. The molecular weight excluding hydrogens is 214 g/mol. The molecule has 94 valence electrons. The summed E-state index contributed by atoms with van der Waals surface area (Å²) in [5.41, 5.74) is 2.62. The minimum Gasteiger partial charge on any atom is -0.381 e. The molecule has 0 saturated heterocycles.